The second-order valence-corrected chi connectivity index (χ2v) is 5.85. The van der Waals surface area contributed by atoms with Crippen molar-refractivity contribution in [2.24, 2.45) is 0 Å². The second-order valence-electron chi connectivity index (χ2n) is 5.85. The number of carbonyl (C=O) groups excluding carboxylic acids is 1. The van der Waals surface area contributed by atoms with Crippen LogP contribution in [0.1, 0.15) is 24.9 Å². The largest absolute Gasteiger partial charge is 0.466 e. The van der Waals surface area contributed by atoms with Gasteiger partial charge in [-0.15, -0.1) is 0 Å². The van der Waals surface area contributed by atoms with Gasteiger partial charge in [0.15, 0.2) is 0 Å². The Morgan fingerprint density at radius 2 is 2.00 bits per heavy atom. The van der Waals surface area contributed by atoms with Gasteiger partial charge in [0.2, 0.25) is 0 Å². The van der Waals surface area contributed by atoms with E-state index in [0.29, 0.717) is 13.1 Å². The molecule has 1 aromatic rings. The Hall–Kier alpha value is -1.53. The summed E-state index contributed by atoms with van der Waals surface area (Å²) >= 11 is 0. The van der Waals surface area contributed by atoms with Crippen LogP contribution in [-0.4, -0.2) is 56.5 Å². The SMILES string of the molecule is CO[C@H]1CN(C(=O)NC(C)CCc2ccc(C)o2)C[C@H]1OC. The quantitative estimate of drug-likeness (QED) is 0.872. The summed E-state index contributed by atoms with van der Waals surface area (Å²) in [5, 5.41) is 3.02. The predicted octanol–water partition coefficient (Wildman–Crippen LogP) is 1.96. The van der Waals surface area contributed by atoms with E-state index in [2.05, 4.69) is 5.32 Å². The Bertz CT molecular complexity index is 476. The fourth-order valence-electron chi connectivity index (χ4n) is 2.72. The van der Waals surface area contributed by atoms with Crippen LogP contribution in [0.5, 0.6) is 0 Å². The molecule has 1 unspecified atom stereocenters. The number of hydrogen-bond acceptors (Lipinski definition) is 4. The van der Waals surface area contributed by atoms with Crippen molar-refractivity contribution in [2.45, 2.75) is 44.9 Å². The Kier molecular flexibility index (Phi) is 5.85. The number of carbonyl (C=O) groups is 1. The summed E-state index contributed by atoms with van der Waals surface area (Å²) in [6, 6.07) is 3.96. The minimum Gasteiger partial charge on any atom is -0.466 e. The number of ether oxygens (including phenoxy) is 2. The van der Waals surface area contributed by atoms with Crippen LogP contribution >= 0.6 is 0 Å². The summed E-state index contributed by atoms with van der Waals surface area (Å²) in [6.07, 6.45) is 1.54. The smallest absolute Gasteiger partial charge is 0.317 e. The lowest BCUT2D eigenvalue weighted by atomic mass is 10.1. The molecule has 0 aromatic carbocycles. The third kappa shape index (κ3) is 4.24. The maximum absolute atomic E-state index is 12.3. The monoisotopic (exact) mass is 310 g/mol. The van der Waals surface area contributed by atoms with Gasteiger partial charge >= 0.3 is 6.03 Å². The molecule has 6 heteroatoms. The van der Waals surface area contributed by atoms with E-state index in [1.54, 1.807) is 19.1 Å². The van der Waals surface area contributed by atoms with Crippen molar-refractivity contribution in [3.05, 3.63) is 23.7 Å². The number of aryl methyl sites for hydroxylation is 2. The lowest BCUT2D eigenvalue weighted by Crippen LogP contribution is -2.43. The fourth-order valence-corrected chi connectivity index (χ4v) is 2.72. The lowest BCUT2D eigenvalue weighted by Gasteiger charge is -2.20. The van der Waals surface area contributed by atoms with E-state index in [1.807, 2.05) is 26.0 Å². The molecule has 2 rings (SSSR count). The van der Waals surface area contributed by atoms with Crippen LogP contribution in [0.3, 0.4) is 0 Å². The molecule has 1 N–H and O–H groups in total. The van der Waals surface area contributed by atoms with Gasteiger partial charge in [-0.3, -0.25) is 0 Å². The van der Waals surface area contributed by atoms with Crippen molar-refractivity contribution >= 4 is 6.03 Å². The van der Waals surface area contributed by atoms with Gasteiger partial charge in [-0.25, -0.2) is 4.79 Å². The molecule has 1 saturated heterocycles. The molecule has 0 saturated carbocycles. The number of likely N-dealkylation sites (tertiary alicyclic amines) is 1. The van der Waals surface area contributed by atoms with Crippen LogP contribution in [0.4, 0.5) is 4.79 Å². The first-order valence-corrected chi connectivity index (χ1v) is 7.69. The summed E-state index contributed by atoms with van der Waals surface area (Å²) in [6.45, 7) is 5.06. The molecule has 124 valence electrons. The fraction of sp³-hybridized carbons (Fsp3) is 0.688. The molecule has 3 atom stereocenters. The Morgan fingerprint density at radius 3 is 2.50 bits per heavy atom. The van der Waals surface area contributed by atoms with Crippen molar-refractivity contribution < 1.29 is 18.7 Å². The number of furan rings is 1. The van der Waals surface area contributed by atoms with Crippen molar-refractivity contribution in [1.82, 2.24) is 10.2 Å². The Morgan fingerprint density at radius 1 is 1.36 bits per heavy atom. The summed E-state index contributed by atoms with van der Waals surface area (Å²) in [7, 11) is 3.29. The highest BCUT2D eigenvalue weighted by atomic mass is 16.5. The van der Waals surface area contributed by atoms with Gasteiger partial charge in [-0.1, -0.05) is 0 Å². The third-order valence-electron chi connectivity index (χ3n) is 4.10. The van der Waals surface area contributed by atoms with Gasteiger partial charge in [-0.05, 0) is 32.4 Å². The zero-order valence-electron chi connectivity index (χ0n) is 13.8. The summed E-state index contributed by atoms with van der Waals surface area (Å²) in [4.78, 5) is 14.0. The van der Waals surface area contributed by atoms with Gasteiger partial charge < -0.3 is 24.1 Å². The van der Waals surface area contributed by atoms with Crippen molar-refractivity contribution in [3.8, 4) is 0 Å². The summed E-state index contributed by atoms with van der Waals surface area (Å²) < 4.78 is 16.2. The van der Waals surface area contributed by atoms with Crippen LogP contribution in [0.2, 0.25) is 0 Å². The molecule has 0 spiro atoms. The van der Waals surface area contributed by atoms with Crippen molar-refractivity contribution in [2.75, 3.05) is 27.3 Å². The number of nitrogens with zero attached hydrogens (tertiary/aromatic N) is 1. The zero-order valence-corrected chi connectivity index (χ0v) is 13.8. The Balaban J connectivity index is 1.76. The van der Waals surface area contributed by atoms with E-state index in [1.165, 1.54) is 0 Å². The van der Waals surface area contributed by atoms with E-state index in [-0.39, 0.29) is 24.3 Å². The van der Waals surface area contributed by atoms with Crippen molar-refractivity contribution in [3.63, 3.8) is 0 Å². The lowest BCUT2D eigenvalue weighted by molar-refractivity contribution is -0.00461. The highest BCUT2D eigenvalue weighted by Gasteiger charge is 2.35. The first-order valence-electron chi connectivity index (χ1n) is 7.69. The average molecular weight is 310 g/mol. The van der Waals surface area contributed by atoms with E-state index < -0.39 is 0 Å². The molecule has 1 aromatic heterocycles. The van der Waals surface area contributed by atoms with Crippen LogP contribution in [0.15, 0.2) is 16.5 Å². The van der Waals surface area contributed by atoms with Gasteiger partial charge in [0.25, 0.3) is 0 Å². The number of urea groups is 1. The van der Waals surface area contributed by atoms with E-state index >= 15 is 0 Å². The zero-order chi connectivity index (χ0) is 16.1. The maximum Gasteiger partial charge on any atom is 0.317 e. The summed E-state index contributed by atoms with van der Waals surface area (Å²) in [5.41, 5.74) is 0. The van der Waals surface area contributed by atoms with Gasteiger partial charge in [0.05, 0.1) is 13.1 Å². The third-order valence-corrected chi connectivity index (χ3v) is 4.10. The van der Waals surface area contributed by atoms with Gasteiger partial charge in [0, 0.05) is 26.7 Å². The number of methoxy groups -OCH3 is 2. The van der Waals surface area contributed by atoms with Gasteiger partial charge in [-0.2, -0.15) is 0 Å². The highest BCUT2D eigenvalue weighted by molar-refractivity contribution is 5.75. The molecule has 0 aliphatic carbocycles. The first kappa shape index (κ1) is 16.8. The normalized spacial score (nSPS) is 22.8. The Labute approximate surface area is 131 Å². The number of hydrogen-bond donors (Lipinski definition) is 1. The molecular weight excluding hydrogens is 284 g/mol. The average Bonchev–Trinajstić information content (AvgIpc) is 3.10. The maximum atomic E-state index is 12.3. The number of nitrogens with one attached hydrogen (secondary N) is 1. The molecule has 6 nitrogen and oxygen atoms in total. The van der Waals surface area contributed by atoms with Crippen LogP contribution in [0, 0.1) is 6.92 Å². The molecule has 22 heavy (non-hydrogen) atoms. The van der Waals surface area contributed by atoms with Crippen LogP contribution < -0.4 is 5.32 Å². The second kappa shape index (κ2) is 7.65. The summed E-state index contributed by atoms with van der Waals surface area (Å²) in [5.74, 6) is 1.87. The molecule has 1 aliphatic rings. The standard InChI is InChI=1S/C16H26N2O4/c1-11(5-7-13-8-6-12(2)22-13)17-16(19)18-9-14(20-3)15(10-18)21-4/h6,8,11,14-15H,5,7,9-10H2,1-4H3,(H,17,19)/t11?,14-,15+. The minimum atomic E-state index is -0.0651. The van der Waals surface area contributed by atoms with E-state index in [9.17, 15) is 4.79 Å². The molecule has 2 heterocycles. The molecule has 0 radical (unpaired) electrons. The molecule has 1 aliphatic heterocycles. The number of rotatable bonds is 6. The molecular formula is C16H26N2O4. The van der Waals surface area contributed by atoms with Gasteiger partial charge in [0.1, 0.15) is 23.7 Å². The topological polar surface area (TPSA) is 63.9 Å². The minimum absolute atomic E-state index is 0.0582. The first-order chi connectivity index (χ1) is 10.5. The molecule has 2 amide bonds. The molecule has 1 fully saturated rings. The molecule has 0 bridgehead atoms. The van der Waals surface area contributed by atoms with E-state index in [0.717, 1.165) is 24.4 Å². The predicted molar refractivity (Wildman–Crippen MR) is 82.9 cm³/mol. The highest BCUT2D eigenvalue weighted by Crippen LogP contribution is 2.16. The number of amides is 2. The van der Waals surface area contributed by atoms with Crippen molar-refractivity contribution in [1.29, 1.82) is 0 Å². The van der Waals surface area contributed by atoms with Crippen LogP contribution in [-0.2, 0) is 15.9 Å². The van der Waals surface area contributed by atoms with Crippen LogP contribution in [0.25, 0.3) is 0 Å². The van der Waals surface area contributed by atoms with E-state index in [4.69, 9.17) is 13.9 Å².